The molecule has 6 nitrogen and oxygen atoms in total. The molecule has 0 spiro atoms. The minimum absolute atomic E-state index is 0.0629. The van der Waals surface area contributed by atoms with Crippen molar-refractivity contribution in [1.82, 2.24) is 9.88 Å². The van der Waals surface area contributed by atoms with Gasteiger partial charge in [-0.05, 0) is 36.4 Å². The van der Waals surface area contributed by atoms with Crippen LogP contribution in [0, 0.1) is 0 Å². The van der Waals surface area contributed by atoms with Gasteiger partial charge < -0.3 is 9.80 Å². The molecule has 164 valence electrons. The summed E-state index contributed by atoms with van der Waals surface area (Å²) in [6.07, 6.45) is 1.21. The van der Waals surface area contributed by atoms with Gasteiger partial charge in [-0.2, -0.15) is 0 Å². The van der Waals surface area contributed by atoms with E-state index in [1.165, 1.54) is 17.6 Å². The summed E-state index contributed by atoms with van der Waals surface area (Å²) in [6, 6.07) is 12.9. The Kier molecular flexibility index (Phi) is 6.27. The number of fused-ring (bicyclic) bond motifs is 1. The van der Waals surface area contributed by atoms with E-state index in [9.17, 15) is 13.2 Å². The Bertz CT molecular complexity index is 1210. The lowest BCUT2D eigenvalue weighted by molar-refractivity contribution is 0.0746. The third-order valence-corrected chi connectivity index (χ3v) is 8.25. The van der Waals surface area contributed by atoms with Crippen LogP contribution in [0.5, 0.6) is 0 Å². The van der Waals surface area contributed by atoms with Crippen LogP contribution in [0.1, 0.15) is 24.2 Å². The van der Waals surface area contributed by atoms with E-state index >= 15 is 0 Å². The Morgan fingerprint density at radius 3 is 2.52 bits per heavy atom. The second-order valence-electron chi connectivity index (χ2n) is 7.87. The smallest absolute Gasteiger partial charge is 0.254 e. The molecule has 0 saturated carbocycles. The predicted molar refractivity (Wildman–Crippen MR) is 128 cm³/mol. The van der Waals surface area contributed by atoms with Crippen molar-refractivity contribution < 1.29 is 13.2 Å². The van der Waals surface area contributed by atoms with E-state index in [1.807, 2.05) is 29.2 Å². The minimum Gasteiger partial charge on any atom is -0.345 e. The number of thioether (sulfide) groups is 1. The van der Waals surface area contributed by atoms with E-state index < -0.39 is 9.84 Å². The molecule has 3 aromatic rings. The second-order valence-corrected chi connectivity index (χ2v) is 12.5. The van der Waals surface area contributed by atoms with E-state index in [0.717, 1.165) is 25.8 Å². The van der Waals surface area contributed by atoms with Crippen molar-refractivity contribution in [2.45, 2.75) is 28.9 Å². The van der Waals surface area contributed by atoms with Gasteiger partial charge in [-0.25, -0.2) is 13.4 Å². The zero-order valence-corrected chi connectivity index (χ0v) is 20.2. The molecule has 4 rings (SSSR count). The van der Waals surface area contributed by atoms with Crippen LogP contribution in [0.2, 0.25) is 0 Å². The Morgan fingerprint density at radius 1 is 1.10 bits per heavy atom. The number of carbonyl (C=O) groups is 1. The van der Waals surface area contributed by atoms with Gasteiger partial charge in [0.2, 0.25) is 0 Å². The van der Waals surface area contributed by atoms with Crippen molar-refractivity contribution in [3.63, 3.8) is 0 Å². The molecule has 0 radical (unpaired) electrons. The van der Waals surface area contributed by atoms with Crippen molar-refractivity contribution in [3.8, 4) is 0 Å². The highest BCUT2D eigenvalue weighted by Gasteiger charge is 2.24. The van der Waals surface area contributed by atoms with Gasteiger partial charge >= 0.3 is 0 Å². The number of anilines is 1. The number of sulfone groups is 1. The Morgan fingerprint density at radius 2 is 1.84 bits per heavy atom. The van der Waals surface area contributed by atoms with Crippen molar-refractivity contribution in [2.24, 2.45) is 0 Å². The summed E-state index contributed by atoms with van der Waals surface area (Å²) in [7, 11) is -3.24. The Labute approximate surface area is 191 Å². The molecule has 1 fully saturated rings. The van der Waals surface area contributed by atoms with Crippen LogP contribution in [0.15, 0.2) is 52.3 Å². The first-order valence-corrected chi connectivity index (χ1v) is 13.7. The number of aromatic nitrogens is 1. The number of hydrogen-bond donors (Lipinski definition) is 0. The molecule has 1 amide bonds. The topological polar surface area (TPSA) is 70.6 Å². The first-order chi connectivity index (χ1) is 14.7. The van der Waals surface area contributed by atoms with Gasteiger partial charge in [0, 0.05) is 48.1 Å². The van der Waals surface area contributed by atoms with Gasteiger partial charge in [0.05, 0.1) is 15.1 Å². The molecular weight excluding hydrogens is 450 g/mol. The lowest BCUT2D eigenvalue weighted by Crippen LogP contribution is -2.48. The lowest BCUT2D eigenvalue weighted by atomic mass is 10.2. The normalized spacial score (nSPS) is 15.1. The average molecular weight is 476 g/mol. The van der Waals surface area contributed by atoms with Crippen LogP contribution in [0.25, 0.3) is 10.2 Å². The summed E-state index contributed by atoms with van der Waals surface area (Å²) >= 11 is 3.25. The monoisotopic (exact) mass is 475 g/mol. The molecule has 0 unspecified atom stereocenters. The number of carbonyl (C=O) groups excluding carboxylic acids is 1. The van der Waals surface area contributed by atoms with Crippen LogP contribution in [0.4, 0.5) is 5.13 Å². The molecule has 0 bridgehead atoms. The molecule has 1 aromatic heterocycles. The number of nitrogens with zero attached hydrogens (tertiary/aromatic N) is 3. The predicted octanol–water partition coefficient (Wildman–Crippen LogP) is 4.16. The zero-order valence-electron chi connectivity index (χ0n) is 17.7. The SMILES string of the molecule is CC(C)Sc1cccc(C(=O)N2CCN(c3nc4ccc(S(C)(=O)=O)cc4s3)CC2)c1. The maximum atomic E-state index is 13.0. The summed E-state index contributed by atoms with van der Waals surface area (Å²) in [6.45, 7) is 6.94. The first-order valence-electron chi connectivity index (χ1n) is 10.1. The van der Waals surface area contributed by atoms with Crippen molar-refractivity contribution in [1.29, 1.82) is 0 Å². The van der Waals surface area contributed by atoms with E-state index in [4.69, 9.17) is 0 Å². The highest BCUT2D eigenvalue weighted by atomic mass is 32.2. The second kappa shape index (κ2) is 8.80. The lowest BCUT2D eigenvalue weighted by Gasteiger charge is -2.34. The fourth-order valence-corrected chi connectivity index (χ4v) is 6.19. The zero-order chi connectivity index (χ0) is 22.2. The van der Waals surface area contributed by atoms with Crippen LogP contribution < -0.4 is 4.90 Å². The molecule has 9 heteroatoms. The molecule has 0 N–H and O–H groups in total. The number of piperazine rings is 1. The van der Waals surface area contributed by atoms with Gasteiger partial charge in [0.1, 0.15) is 0 Å². The fraction of sp³-hybridized carbons (Fsp3) is 0.364. The summed E-state index contributed by atoms with van der Waals surface area (Å²) < 4.78 is 24.5. The maximum Gasteiger partial charge on any atom is 0.254 e. The molecule has 2 heterocycles. The number of thiazole rings is 1. The van der Waals surface area contributed by atoms with E-state index in [2.05, 4.69) is 23.7 Å². The summed E-state index contributed by atoms with van der Waals surface area (Å²) in [5.41, 5.74) is 1.53. The standard InChI is InChI=1S/C22H25N3O3S3/c1-15(2)29-17-6-4-5-16(13-17)21(26)24-9-11-25(12-10-24)22-23-19-8-7-18(31(3,27)28)14-20(19)30-22/h4-8,13-15H,9-12H2,1-3H3. The van der Waals surface area contributed by atoms with Gasteiger partial charge in [-0.15, -0.1) is 11.8 Å². The molecule has 1 saturated heterocycles. The fourth-order valence-electron chi connectivity index (χ4n) is 3.52. The van der Waals surface area contributed by atoms with Gasteiger partial charge in [0.25, 0.3) is 5.91 Å². The summed E-state index contributed by atoms with van der Waals surface area (Å²) in [5.74, 6) is 0.0629. The largest absolute Gasteiger partial charge is 0.345 e. The van der Waals surface area contributed by atoms with Crippen molar-refractivity contribution >= 4 is 54.2 Å². The molecule has 1 aliphatic rings. The minimum atomic E-state index is -3.24. The summed E-state index contributed by atoms with van der Waals surface area (Å²) in [4.78, 5) is 23.1. The van der Waals surface area contributed by atoms with Crippen molar-refractivity contribution in [3.05, 3.63) is 48.0 Å². The van der Waals surface area contributed by atoms with Crippen molar-refractivity contribution in [2.75, 3.05) is 37.3 Å². The number of rotatable bonds is 5. The van der Waals surface area contributed by atoms with Crippen LogP contribution in [-0.4, -0.2) is 61.9 Å². The Hall–Kier alpha value is -2.10. The molecule has 2 aromatic carbocycles. The quantitative estimate of drug-likeness (QED) is 0.516. The Balaban J connectivity index is 1.44. The third-order valence-electron chi connectivity index (χ3n) is 5.07. The highest BCUT2D eigenvalue weighted by molar-refractivity contribution is 7.99. The first kappa shape index (κ1) is 22.1. The van der Waals surface area contributed by atoms with Crippen LogP contribution in [-0.2, 0) is 9.84 Å². The molecule has 0 aliphatic carbocycles. The van der Waals surface area contributed by atoms with E-state index in [0.29, 0.717) is 36.3 Å². The molecule has 0 atom stereocenters. The van der Waals surface area contributed by atoms with Gasteiger partial charge in [-0.3, -0.25) is 4.79 Å². The number of benzene rings is 2. The highest BCUT2D eigenvalue weighted by Crippen LogP contribution is 2.31. The van der Waals surface area contributed by atoms with Gasteiger partial charge in [-0.1, -0.05) is 31.3 Å². The van der Waals surface area contributed by atoms with Crippen LogP contribution in [0.3, 0.4) is 0 Å². The molecular formula is C22H25N3O3S3. The number of hydrogen-bond acceptors (Lipinski definition) is 7. The maximum absolute atomic E-state index is 13.0. The third kappa shape index (κ3) is 5.05. The van der Waals surface area contributed by atoms with E-state index in [-0.39, 0.29) is 5.91 Å². The average Bonchev–Trinajstić information content (AvgIpc) is 3.16. The molecule has 31 heavy (non-hydrogen) atoms. The van der Waals surface area contributed by atoms with E-state index in [1.54, 1.807) is 30.0 Å². The van der Waals surface area contributed by atoms with Crippen LogP contribution >= 0.6 is 23.1 Å². The summed E-state index contributed by atoms with van der Waals surface area (Å²) in [5, 5.41) is 1.33. The van der Waals surface area contributed by atoms with Gasteiger partial charge in [0.15, 0.2) is 15.0 Å². The molecule has 1 aliphatic heterocycles. The number of amides is 1.